The van der Waals surface area contributed by atoms with Crippen molar-refractivity contribution in [3.05, 3.63) is 53.6 Å². The van der Waals surface area contributed by atoms with E-state index in [0.29, 0.717) is 23.9 Å². The summed E-state index contributed by atoms with van der Waals surface area (Å²) in [5.74, 6) is 0.152. The summed E-state index contributed by atoms with van der Waals surface area (Å²) >= 11 is 5.93. The predicted octanol–water partition coefficient (Wildman–Crippen LogP) is 4.12. The first-order chi connectivity index (χ1) is 12.6. The molecule has 136 valence electrons. The molecule has 0 aliphatic carbocycles. The first-order valence-corrected chi connectivity index (χ1v) is 9.04. The third-order valence-corrected chi connectivity index (χ3v) is 4.44. The van der Waals surface area contributed by atoms with E-state index in [4.69, 9.17) is 16.3 Å². The maximum atomic E-state index is 12.5. The van der Waals surface area contributed by atoms with Crippen LogP contribution in [0.2, 0.25) is 5.02 Å². The molecule has 1 saturated heterocycles. The number of amides is 2. The number of benzene rings is 2. The Bertz CT molecular complexity index is 792. The molecule has 2 aromatic rings. The highest BCUT2D eigenvalue weighted by Gasteiger charge is 2.35. The molecular formula is C20H21ClN2O3. The first kappa shape index (κ1) is 18.3. The second-order valence-corrected chi connectivity index (χ2v) is 6.68. The number of ether oxygens (including phenoxy) is 1. The molecule has 3 rings (SSSR count). The third-order valence-electron chi connectivity index (χ3n) is 4.21. The molecule has 1 heterocycles. The number of carbonyl (C=O) groups excluding carboxylic acids is 2. The zero-order chi connectivity index (χ0) is 18.5. The lowest BCUT2D eigenvalue weighted by atomic mass is 10.1. The van der Waals surface area contributed by atoms with Crippen LogP contribution in [0, 0.1) is 5.92 Å². The molecular weight excluding hydrogens is 352 g/mol. The maximum Gasteiger partial charge on any atom is 0.229 e. The molecule has 0 aromatic heterocycles. The van der Waals surface area contributed by atoms with Gasteiger partial charge in [0.15, 0.2) is 0 Å². The number of nitrogens with zero attached hydrogens (tertiary/aromatic N) is 1. The number of halogens is 1. The van der Waals surface area contributed by atoms with Gasteiger partial charge in [0, 0.05) is 29.4 Å². The standard InChI is InChI=1S/C20H21ClN2O3/c1-2-10-26-18-8-6-17(7-9-18)23-13-14(11-19(23)24)20(25)22-16-5-3-4-15(21)12-16/h3-9,12,14H,2,10-11,13H2,1H3,(H,22,25)/t14-/m1/s1. The summed E-state index contributed by atoms with van der Waals surface area (Å²) in [7, 11) is 0. The van der Waals surface area contributed by atoms with Crippen LogP contribution in [0.1, 0.15) is 19.8 Å². The van der Waals surface area contributed by atoms with Crippen LogP contribution in [-0.2, 0) is 9.59 Å². The van der Waals surface area contributed by atoms with Gasteiger partial charge in [-0.15, -0.1) is 0 Å². The fourth-order valence-corrected chi connectivity index (χ4v) is 3.08. The molecule has 6 heteroatoms. The molecule has 0 unspecified atom stereocenters. The first-order valence-electron chi connectivity index (χ1n) is 8.66. The topological polar surface area (TPSA) is 58.6 Å². The largest absolute Gasteiger partial charge is 0.494 e. The third kappa shape index (κ3) is 4.35. The fraction of sp³-hybridized carbons (Fsp3) is 0.300. The highest BCUT2D eigenvalue weighted by atomic mass is 35.5. The van der Waals surface area contributed by atoms with Gasteiger partial charge in [0.1, 0.15) is 5.75 Å². The van der Waals surface area contributed by atoms with E-state index >= 15 is 0 Å². The molecule has 0 spiro atoms. The zero-order valence-corrected chi connectivity index (χ0v) is 15.3. The van der Waals surface area contributed by atoms with Crippen molar-refractivity contribution in [3.8, 4) is 5.75 Å². The van der Waals surface area contributed by atoms with Gasteiger partial charge in [-0.1, -0.05) is 24.6 Å². The number of carbonyl (C=O) groups is 2. The smallest absolute Gasteiger partial charge is 0.229 e. The van der Waals surface area contributed by atoms with Crippen molar-refractivity contribution in [2.75, 3.05) is 23.4 Å². The summed E-state index contributed by atoms with van der Waals surface area (Å²) in [5, 5.41) is 3.38. The second kappa shape index (κ2) is 8.23. The van der Waals surface area contributed by atoms with E-state index in [9.17, 15) is 9.59 Å². The SMILES string of the molecule is CCCOc1ccc(N2C[C@H](C(=O)Nc3cccc(Cl)c3)CC2=O)cc1. The molecule has 0 saturated carbocycles. The number of nitrogens with one attached hydrogen (secondary N) is 1. The van der Waals surface area contributed by atoms with E-state index in [2.05, 4.69) is 5.32 Å². The van der Waals surface area contributed by atoms with Gasteiger partial charge in [-0.05, 0) is 48.9 Å². The number of hydrogen-bond acceptors (Lipinski definition) is 3. The molecule has 0 bridgehead atoms. The van der Waals surface area contributed by atoms with Gasteiger partial charge in [0.2, 0.25) is 11.8 Å². The Hall–Kier alpha value is -2.53. The normalized spacial score (nSPS) is 16.6. The van der Waals surface area contributed by atoms with Gasteiger partial charge >= 0.3 is 0 Å². The Morgan fingerprint density at radius 2 is 2.04 bits per heavy atom. The molecule has 5 nitrogen and oxygen atoms in total. The summed E-state index contributed by atoms with van der Waals surface area (Å²) in [6, 6.07) is 14.4. The maximum absolute atomic E-state index is 12.5. The lowest BCUT2D eigenvalue weighted by molar-refractivity contribution is -0.122. The number of rotatable bonds is 6. The van der Waals surface area contributed by atoms with Crippen molar-refractivity contribution >= 4 is 34.8 Å². The van der Waals surface area contributed by atoms with Crippen LogP contribution < -0.4 is 15.0 Å². The zero-order valence-electron chi connectivity index (χ0n) is 14.6. The predicted molar refractivity (Wildman–Crippen MR) is 103 cm³/mol. The van der Waals surface area contributed by atoms with Crippen LogP contribution in [0.3, 0.4) is 0 Å². The van der Waals surface area contributed by atoms with Gasteiger partial charge in [0.25, 0.3) is 0 Å². The van der Waals surface area contributed by atoms with E-state index < -0.39 is 5.92 Å². The Kier molecular flexibility index (Phi) is 5.78. The van der Waals surface area contributed by atoms with Gasteiger partial charge in [-0.3, -0.25) is 9.59 Å². The van der Waals surface area contributed by atoms with E-state index in [-0.39, 0.29) is 18.2 Å². The van der Waals surface area contributed by atoms with Crippen molar-refractivity contribution in [1.29, 1.82) is 0 Å². The molecule has 2 amide bonds. The number of anilines is 2. The minimum Gasteiger partial charge on any atom is -0.494 e. The second-order valence-electron chi connectivity index (χ2n) is 6.25. The highest BCUT2D eigenvalue weighted by Crippen LogP contribution is 2.28. The van der Waals surface area contributed by atoms with Crippen LogP contribution in [0.25, 0.3) is 0 Å². The average molecular weight is 373 g/mol. The number of hydrogen-bond donors (Lipinski definition) is 1. The fourth-order valence-electron chi connectivity index (χ4n) is 2.89. The Morgan fingerprint density at radius 3 is 2.73 bits per heavy atom. The van der Waals surface area contributed by atoms with Gasteiger partial charge < -0.3 is 15.0 Å². The lowest BCUT2D eigenvalue weighted by Crippen LogP contribution is -2.28. The van der Waals surface area contributed by atoms with E-state index in [1.54, 1.807) is 29.2 Å². The van der Waals surface area contributed by atoms with Crippen molar-refractivity contribution in [3.63, 3.8) is 0 Å². The van der Waals surface area contributed by atoms with Crippen molar-refractivity contribution in [2.45, 2.75) is 19.8 Å². The highest BCUT2D eigenvalue weighted by molar-refractivity contribution is 6.30. The van der Waals surface area contributed by atoms with Gasteiger partial charge in [-0.25, -0.2) is 0 Å². The van der Waals surface area contributed by atoms with E-state index in [1.807, 2.05) is 31.2 Å². The molecule has 2 aromatic carbocycles. The summed E-state index contributed by atoms with van der Waals surface area (Å²) in [5.41, 5.74) is 1.41. The Balaban J connectivity index is 1.63. The van der Waals surface area contributed by atoms with Crippen LogP contribution >= 0.6 is 11.6 Å². The molecule has 1 N–H and O–H groups in total. The quantitative estimate of drug-likeness (QED) is 0.829. The molecule has 0 radical (unpaired) electrons. The van der Waals surface area contributed by atoms with Crippen molar-refractivity contribution in [1.82, 2.24) is 0 Å². The van der Waals surface area contributed by atoms with Gasteiger partial charge in [0.05, 0.1) is 12.5 Å². The monoisotopic (exact) mass is 372 g/mol. The van der Waals surface area contributed by atoms with Crippen molar-refractivity contribution in [2.24, 2.45) is 5.92 Å². The van der Waals surface area contributed by atoms with Gasteiger partial charge in [-0.2, -0.15) is 0 Å². The summed E-state index contributed by atoms with van der Waals surface area (Å²) in [4.78, 5) is 26.5. The average Bonchev–Trinajstić information content (AvgIpc) is 3.02. The molecule has 26 heavy (non-hydrogen) atoms. The van der Waals surface area contributed by atoms with E-state index in [1.165, 1.54) is 0 Å². The minimum atomic E-state index is -0.391. The van der Waals surface area contributed by atoms with Crippen LogP contribution in [0.15, 0.2) is 48.5 Å². The summed E-state index contributed by atoms with van der Waals surface area (Å²) < 4.78 is 5.56. The summed E-state index contributed by atoms with van der Waals surface area (Å²) in [6.45, 7) is 3.07. The van der Waals surface area contributed by atoms with Crippen LogP contribution in [0.5, 0.6) is 5.75 Å². The van der Waals surface area contributed by atoms with E-state index in [0.717, 1.165) is 17.9 Å². The van der Waals surface area contributed by atoms with Crippen molar-refractivity contribution < 1.29 is 14.3 Å². The lowest BCUT2D eigenvalue weighted by Gasteiger charge is -2.17. The summed E-state index contributed by atoms with van der Waals surface area (Å²) in [6.07, 6.45) is 1.14. The molecule has 1 fully saturated rings. The molecule has 1 atom stereocenters. The Morgan fingerprint density at radius 1 is 1.27 bits per heavy atom. The van der Waals surface area contributed by atoms with Crippen LogP contribution in [0.4, 0.5) is 11.4 Å². The Labute approximate surface area is 157 Å². The van der Waals surface area contributed by atoms with Crippen LogP contribution in [-0.4, -0.2) is 25.0 Å². The minimum absolute atomic E-state index is 0.0570. The molecule has 1 aliphatic rings. The molecule has 1 aliphatic heterocycles.